The standard InChI is InChI=1S/C11H21NO4P/c1-4-5-6-10(2)9-16-11(13)15-7-8-17(14)12-3/h6H,4-5,7-9H2,1-3H3,(H,12,14)/q+1/b10-6+. The summed E-state index contributed by atoms with van der Waals surface area (Å²) < 4.78 is 20.6. The topological polar surface area (TPSA) is 64.6 Å². The van der Waals surface area contributed by atoms with Crippen molar-refractivity contribution in [2.75, 3.05) is 26.4 Å². The quantitative estimate of drug-likeness (QED) is 0.414. The Morgan fingerprint density at radius 2 is 2.12 bits per heavy atom. The van der Waals surface area contributed by atoms with Crippen LogP contribution >= 0.6 is 7.95 Å². The second-order valence-corrected chi connectivity index (χ2v) is 5.20. The number of allylic oxidation sites excluding steroid dienone is 1. The van der Waals surface area contributed by atoms with E-state index in [1.807, 2.05) is 13.0 Å². The zero-order chi connectivity index (χ0) is 13.1. The molecule has 0 spiro atoms. The molecule has 0 fully saturated rings. The molecule has 0 bridgehead atoms. The Balaban J connectivity index is 3.62. The van der Waals surface area contributed by atoms with Crippen LogP contribution in [0, 0.1) is 0 Å². The minimum atomic E-state index is -1.48. The van der Waals surface area contributed by atoms with E-state index < -0.39 is 14.1 Å². The summed E-state index contributed by atoms with van der Waals surface area (Å²) in [4.78, 5) is 11.1. The van der Waals surface area contributed by atoms with Gasteiger partial charge in [-0.05, 0) is 18.9 Å². The van der Waals surface area contributed by atoms with Crippen molar-refractivity contribution in [3.05, 3.63) is 11.6 Å². The lowest BCUT2D eigenvalue weighted by atomic mass is 10.2. The highest BCUT2D eigenvalue weighted by atomic mass is 31.1. The molecule has 98 valence electrons. The van der Waals surface area contributed by atoms with Gasteiger partial charge in [0.2, 0.25) is 0 Å². The van der Waals surface area contributed by atoms with E-state index in [4.69, 9.17) is 9.47 Å². The monoisotopic (exact) mass is 262 g/mol. The highest BCUT2D eigenvalue weighted by Gasteiger charge is 2.13. The number of carbonyl (C=O) groups excluding carboxylic acids is 1. The van der Waals surface area contributed by atoms with Crippen LogP contribution in [0.3, 0.4) is 0 Å². The van der Waals surface area contributed by atoms with Crippen LogP contribution in [0.25, 0.3) is 0 Å². The Kier molecular flexibility index (Phi) is 9.68. The first-order valence-corrected chi connectivity index (χ1v) is 7.11. The first-order chi connectivity index (χ1) is 8.10. The van der Waals surface area contributed by atoms with Crippen LogP contribution in [0.4, 0.5) is 4.79 Å². The summed E-state index contributed by atoms with van der Waals surface area (Å²) in [5, 5.41) is 2.58. The van der Waals surface area contributed by atoms with E-state index >= 15 is 0 Å². The van der Waals surface area contributed by atoms with E-state index in [9.17, 15) is 9.36 Å². The summed E-state index contributed by atoms with van der Waals surface area (Å²) in [5.41, 5.74) is 1.00. The van der Waals surface area contributed by atoms with E-state index in [-0.39, 0.29) is 13.2 Å². The summed E-state index contributed by atoms with van der Waals surface area (Å²) in [5.74, 6) is 0. The fraction of sp³-hybridized carbons (Fsp3) is 0.727. The van der Waals surface area contributed by atoms with Crippen molar-refractivity contribution in [3.8, 4) is 0 Å². The van der Waals surface area contributed by atoms with E-state index in [2.05, 4.69) is 12.0 Å². The van der Waals surface area contributed by atoms with Crippen LogP contribution in [0.5, 0.6) is 0 Å². The first-order valence-electron chi connectivity index (χ1n) is 5.67. The molecular weight excluding hydrogens is 241 g/mol. The zero-order valence-corrected chi connectivity index (χ0v) is 11.6. The molecule has 6 heteroatoms. The third kappa shape index (κ3) is 9.97. The van der Waals surface area contributed by atoms with Crippen molar-refractivity contribution in [1.82, 2.24) is 5.09 Å². The fourth-order valence-corrected chi connectivity index (χ4v) is 1.47. The van der Waals surface area contributed by atoms with Crippen LogP contribution in [0.2, 0.25) is 0 Å². The van der Waals surface area contributed by atoms with Gasteiger partial charge in [0, 0.05) is 7.05 Å². The Bertz CT molecular complexity index is 279. The first kappa shape index (κ1) is 16.1. The van der Waals surface area contributed by atoms with E-state index in [1.165, 1.54) is 0 Å². The van der Waals surface area contributed by atoms with Crippen molar-refractivity contribution in [1.29, 1.82) is 0 Å². The van der Waals surface area contributed by atoms with Gasteiger partial charge in [-0.1, -0.05) is 24.0 Å². The highest BCUT2D eigenvalue weighted by Crippen LogP contribution is 2.11. The average Bonchev–Trinajstić information content (AvgIpc) is 2.33. The number of hydrogen-bond donors (Lipinski definition) is 1. The van der Waals surface area contributed by atoms with Gasteiger partial charge in [-0.15, -0.1) is 5.09 Å². The van der Waals surface area contributed by atoms with Gasteiger partial charge in [-0.2, -0.15) is 0 Å². The van der Waals surface area contributed by atoms with Crippen LogP contribution in [-0.2, 0) is 14.0 Å². The Morgan fingerprint density at radius 1 is 1.41 bits per heavy atom. The van der Waals surface area contributed by atoms with Gasteiger partial charge in [-0.25, -0.2) is 4.79 Å². The van der Waals surface area contributed by atoms with Crippen molar-refractivity contribution >= 4 is 14.1 Å². The van der Waals surface area contributed by atoms with Gasteiger partial charge in [0.15, 0.2) is 6.16 Å². The van der Waals surface area contributed by atoms with Gasteiger partial charge < -0.3 is 9.47 Å². The van der Waals surface area contributed by atoms with Crippen LogP contribution in [0.1, 0.15) is 26.7 Å². The van der Waals surface area contributed by atoms with E-state index in [0.717, 1.165) is 18.4 Å². The molecule has 0 aromatic rings. The minimum absolute atomic E-state index is 0.104. The summed E-state index contributed by atoms with van der Waals surface area (Å²) >= 11 is 0. The van der Waals surface area contributed by atoms with Gasteiger partial charge in [0.05, 0.1) is 0 Å². The number of unbranched alkanes of at least 4 members (excludes halogenated alkanes) is 1. The van der Waals surface area contributed by atoms with Crippen molar-refractivity contribution in [3.63, 3.8) is 0 Å². The molecule has 5 nitrogen and oxygen atoms in total. The van der Waals surface area contributed by atoms with Gasteiger partial charge in [0.1, 0.15) is 13.2 Å². The molecule has 0 aliphatic carbocycles. The molecule has 1 N–H and O–H groups in total. The Labute approximate surface area is 103 Å². The average molecular weight is 262 g/mol. The predicted molar refractivity (Wildman–Crippen MR) is 67.5 cm³/mol. The number of carbonyl (C=O) groups is 1. The zero-order valence-electron chi connectivity index (χ0n) is 10.7. The summed E-state index contributed by atoms with van der Waals surface area (Å²) in [7, 11) is 0.113. The maximum atomic E-state index is 11.1. The third-order valence-corrected chi connectivity index (χ3v) is 3.05. The summed E-state index contributed by atoms with van der Waals surface area (Å²) in [6.45, 7) is 4.34. The molecular formula is C11H21NO4P+. The molecule has 0 heterocycles. The second-order valence-electron chi connectivity index (χ2n) is 3.55. The lowest BCUT2D eigenvalue weighted by molar-refractivity contribution is 0.0660. The van der Waals surface area contributed by atoms with Crippen LogP contribution in [0.15, 0.2) is 11.6 Å². The van der Waals surface area contributed by atoms with Crippen molar-refractivity contribution in [2.45, 2.75) is 26.7 Å². The maximum absolute atomic E-state index is 11.1. The van der Waals surface area contributed by atoms with E-state index in [0.29, 0.717) is 6.16 Å². The molecule has 0 rings (SSSR count). The minimum Gasteiger partial charge on any atom is -0.430 e. The molecule has 0 saturated carbocycles. The largest absolute Gasteiger partial charge is 0.508 e. The molecule has 0 aromatic heterocycles. The van der Waals surface area contributed by atoms with Crippen molar-refractivity contribution < 1.29 is 18.8 Å². The number of ether oxygens (including phenoxy) is 2. The molecule has 0 aromatic carbocycles. The van der Waals surface area contributed by atoms with Gasteiger partial charge in [0.25, 0.3) is 0 Å². The molecule has 0 amide bonds. The van der Waals surface area contributed by atoms with Gasteiger partial charge >= 0.3 is 14.1 Å². The SMILES string of the molecule is CCC/C=C(\C)COC(=O)OCC[P+](=O)NC. The summed E-state index contributed by atoms with van der Waals surface area (Å²) in [6.07, 6.45) is 3.66. The molecule has 0 aliphatic rings. The lowest BCUT2D eigenvalue weighted by Crippen LogP contribution is -2.12. The predicted octanol–water partition coefficient (Wildman–Crippen LogP) is 2.85. The molecule has 1 atom stereocenters. The van der Waals surface area contributed by atoms with Crippen LogP contribution < -0.4 is 5.09 Å². The molecule has 0 radical (unpaired) electrons. The normalized spacial score (nSPS) is 12.2. The molecule has 0 aliphatic heterocycles. The lowest BCUT2D eigenvalue weighted by Gasteiger charge is -2.04. The number of rotatable bonds is 8. The smallest absolute Gasteiger partial charge is 0.430 e. The molecule has 0 saturated heterocycles. The molecule has 17 heavy (non-hydrogen) atoms. The van der Waals surface area contributed by atoms with E-state index in [1.54, 1.807) is 7.05 Å². The summed E-state index contributed by atoms with van der Waals surface area (Å²) in [6, 6.07) is 0. The maximum Gasteiger partial charge on any atom is 0.508 e. The number of hydrogen-bond acceptors (Lipinski definition) is 4. The Morgan fingerprint density at radius 3 is 2.71 bits per heavy atom. The van der Waals surface area contributed by atoms with Crippen molar-refractivity contribution in [2.24, 2.45) is 0 Å². The molecule has 1 unspecified atom stereocenters. The van der Waals surface area contributed by atoms with Gasteiger partial charge in [-0.3, -0.25) is 0 Å². The Hall–Kier alpha value is -0.930. The second kappa shape index (κ2) is 10.2. The third-order valence-electron chi connectivity index (χ3n) is 1.96. The number of nitrogens with one attached hydrogen (secondary N) is 1. The highest BCUT2D eigenvalue weighted by molar-refractivity contribution is 7.42. The van der Waals surface area contributed by atoms with Crippen LogP contribution in [-0.4, -0.2) is 32.6 Å². The fourth-order valence-electron chi connectivity index (χ4n) is 0.988.